The highest BCUT2D eigenvalue weighted by molar-refractivity contribution is 5.92. The molecule has 0 atom stereocenters. The summed E-state index contributed by atoms with van der Waals surface area (Å²) in [6.45, 7) is 2.75. The van der Waals surface area contributed by atoms with Crippen molar-refractivity contribution in [3.05, 3.63) is 95.7 Å². The first-order chi connectivity index (χ1) is 13.1. The van der Waals surface area contributed by atoms with Crippen molar-refractivity contribution in [2.75, 3.05) is 0 Å². The molecule has 3 nitrogen and oxygen atoms in total. The molecule has 0 unspecified atom stereocenters. The van der Waals surface area contributed by atoms with Crippen molar-refractivity contribution in [3.8, 4) is 11.1 Å². The normalized spacial score (nSPS) is 11.0. The topological polar surface area (TPSA) is 42.2 Å². The lowest BCUT2D eigenvalue weighted by Gasteiger charge is -2.09. The fraction of sp³-hybridized carbons (Fsp3) is 0.125. The van der Waals surface area contributed by atoms with Gasteiger partial charge in [0.2, 0.25) is 0 Å². The summed E-state index contributed by atoms with van der Waals surface area (Å²) in [4.78, 5) is 11.5. The van der Waals surface area contributed by atoms with Gasteiger partial charge in [-0.15, -0.1) is 0 Å². The summed E-state index contributed by atoms with van der Waals surface area (Å²) in [6, 6.07) is 26.8. The van der Waals surface area contributed by atoms with Gasteiger partial charge in [0.05, 0.1) is 6.42 Å². The summed E-state index contributed by atoms with van der Waals surface area (Å²) in [5, 5.41) is 10.4. The van der Waals surface area contributed by atoms with E-state index in [0.717, 1.165) is 39.8 Å². The van der Waals surface area contributed by atoms with Gasteiger partial charge >= 0.3 is 5.97 Å². The highest BCUT2D eigenvalue weighted by atomic mass is 16.4. The molecule has 0 radical (unpaired) electrons. The number of carboxylic acid groups (broad SMARTS) is 1. The third-order valence-corrected chi connectivity index (χ3v) is 5.07. The Kier molecular flexibility index (Phi) is 4.51. The minimum Gasteiger partial charge on any atom is -0.481 e. The predicted molar refractivity (Wildman–Crippen MR) is 109 cm³/mol. The van der Waals surface area contributed by atoms with Crippen LogP contribution >= 0.6 is 0 Å². The summed E-state index contributed by atoms with van der Waals surface area (Å²) in [6.07, 6.45) is 0.0301. The number of rotatable bonds is 5. The molecule has 1 heterocycles. The molecule has 0 aliphatic heterocycles. The molecular weight excluding hydrogens is 334 g/mol. The minimum absolute atomic E-state index is 0.0301. The number of hydrogen-bond donors (Lipinski definition) is 1. The van der Waals surface area contributed by atoms with Gasteiger partial charge in [0.1, 0.15) is 0 Å². The van der Waals surface area contributed by atoms with Gasteiger partial charge in [0.15, 0.2) is 0 Å². The van der Waals surface area contributed by atoms with E-state index in [4.69, 9.17) is 0 Å². The third-order valence-electron chi connectivity index (χ3n) is 5.07. The predicted octanol–water partition coefficient (Wildman–Crippen LogP) is 5.29. The van der Waals surface area contributed by atoms with E-state index in [1.807, 2.05) is 43.3 Å². The van der Waals surface area contributed by atoms with E-state index < -0.39 is 5.97 Å². The Bertz CT molecular complexity index is 1100. The van der Waals surface area contributed by atoms with E-state index in [0.29, 0.717) is 0 Å². The highest BCUT2D eigenvalue weighted by Gasteiger charge is 2.17. The van der Waals surface area contributed by atoms with E-state index in [1.165, 1.54) is 5.56 Å². The molecule has 0 bridgehead atoms. The molecule has 27 heavy (non-hydrogen) atoms. The van der Waals surface area contributed by atoms with E-state index >= 15 is 0 Å². The van der Waals surface area contributed by atoms with Crippen molar-refractivity contribution < 1.29 is 9.90 Å². The first kappa shape index (κ1) is 17.1. The van der Waals surface area contributed by atoms with Crippen LogP contribution in [0.4, 0.5) is 0 Å². The Morgan fingerprint density at radius 3 is 2.22 bits per heavy atom. The number of hydrogen-bond acceptors (Lipinski definition) is 1. The number of carbonyl (C=O) groups is 1. The zero-order valence-corrected chi connectivity index (χ0v) is 15.2. The molecule has 134 valence electrons. The van der Waals surface area contributed by atoms with Gasteiger partial charge in [-0.05, 0) is 41.3 Å². The molecule has 0 amide bonds. The number of nitrogens with zero attached hydrogens (tertiary/aromatic N) is 1. The van der Waals surface area contributed by atoms with Crippen LogP contribution in [0.2, 0.25) is 0 Å². The maximum atomic E-state index is 11.5. The molecule has 1 aromatic heterocycles. The zero-order valence-electron chi connectivity index (χ0n) is 15.2. The van der Waals surface area contributed by atoms with Crippen LogP contribution in [0.5, 0.6) is 0 Å². The summed E-state index contributed by atoms with van der Waals surface area (Å²) in [5.74, 6) is -0.804. The quantitative estimate of drug-likeness (QED) is 0.528. The molecule has 4 rings (SSSR count). The van der Waals surface area contributed by atoms with Gasteiger partial charge in [-0.3, -0.25) is 4.79 Å². The molecule has 0 spiro atoms. The van der Waals surface area contributed by atoms with Crippen LogP contribution < -0.4 is 0 Å². The van der Waals surface area contributed by atoms with Crippen molar-refractivity contribution in [1.29, 1.82) is 0 Å². The van der Waals surface area contributed by atoms with Crippen molar-refractivity contribution in [1.82, 2.24) is 4.57 Å². The standard InChI is InChI=1S/C24H21NO2/c1-17-21(15-24(26)27)22-14-20(19-10-6-3-7-11-19)12-13-23(22)25(17)16-18-8-4-2-5-9-18/h2-14H,15-16H2,1H3,(H,26,27). The Labute approximate surface area is 158 Å². The summed E-state index contributed by atoms with van der Waals surface area (Å²) >= 11 is 0. The molecule has 0 saturated heterocycles. The van der Waals surface area contributed by atoms with Gasteiger partial charge in [0.25, 0.3) is 0 Å². The first-order valence-electron chi connectivity index (χ1n) is 9.06. The van der Waals surface area contributed by atoms with E-state index in [9.17, 15) is 9.90 Å². The summed E-state index contributed by atoms with van der Waals surface area (Å²) < 4.78 is 2.22. The zero-order chi connectivity index (χ0) is 18.8. The van der Waals surface area contributed by atoms with Crippen LogP contribution in [0.15, 0.2) is 78.9 Å². The van der Waals surface area contributed by atoms with Crippen LogP contribution in [-0.2, 0) is 17.8 Å². The second-order valence-corrected chi connectivity index (χ2v) is 6.80. The van der Waals surface area contributed by atoms with Gasteiger partial charge in [-0.25, -0.2) is 0 Å². The maximum absolute atomic E-state index is 11.5. The van der Waals surface area contributed by atoms with Crippen LogP contribution in [0.25, 0.3) is 22.0 Å². The Morgan fingerprint density at radius 1 is 0.889 bits per heavy atom. The Balaban J connectivity index is 1.88. The second kappa shape index (κ2) is 7.12. The number of fused-ring (bicyclic) bond motifs is 1. The van der Waals surface area contributed by atoms with Crippen LogP contribution in [0.3, 0.4) is 0 Å². The van der Waals surface area contributed by atoms with Gasteiger partial charge in [-0.1, -0.05) is 66.7 Å². The minimum atomic E-state index is -0.804. The lowest BCUT2D eigenvalue weighted by Crippen LogP contribution is -2.05. The molecule has 0 aliphatic carbocycles. The molecule has 0 aliphatic rings. The molecule has 4 aromatic rings. The molecular formula is C24H21NO2. The average molecular weight is 355 g/mol. The van der Waals surface area contributed by atoms with Crippen LogP contribution in [0.1, 0.15) is 16.8 Å². The Hall–Kier alpha value is -3.33. The molecule has 3 heteroatoms. The maximum Gasteiger partial charge on any atom is 0.307 e. The summed E-state index contributed by atoms with van der Waals surface area (Å²) in [7, 11) is 0. The van der Waals surface area contributed by atoms with E-state index in [2.05, 4.69) is 47.0 Å². The van der Waals surface area contributed by atoms with Crippen LogP contribution in [-0.4, -0.2) is 15.6 Å². The monoisotopic (exact) mass is 355 g/mol. The van der Waals surface area contributed by atoms with E-state index in [-0.39, 0.29) is 6.42 Å². The lowest BCUT2D eigenvalue weighted by atomic mass is 10.0. The average Bonchev–Trinajstić information content (AvgIpc) is 2.94. The van der Waals surface area contributed by atoms with Crippen molar-refractivity contribution in [2.24, 2.45) is 0 Å². The molecule has 1 N–H and O–H groups in total. The van der Waals surface area contributed by atoms with Crippen molar-refractivity contribution >= 4 is 16.9 Å². The van der Waals surface area contributed by atoms with E-state index in [1.54, 1.807) is 0 Å². The largest absolute Gasteiger partial charge is 0.481 e. The van der Waals surface area contributed by atoms with Crippen molar-refractivity contribution in [3.63, 3.8) is 0 Å². The summed E-state index contributed by atoms with van der Waals surface area (Å²) in [5.41, 5.74) is 6.42. The van der Waals surface area contributed by atoms with Gasteiger partial charge < -0.3 is 9.67 Å². The number of aliphatic carboxylic acids is 1. The second-order valence-electron chi connectivity index (χ2n) is 6.80. The first-order valence-corrected chi connectivity index (χ1v) is 9.06. The number of carboxylic acids is 1. The third kappa shape index (κ3) is 3.36. The SMILES string of the molecule is Cc1c(CC(=O)O)c2cc(-c3ccccc3)ccc2n1Cc1ccccc1. The molecule has 0 fully saturated rings. The molecule has 3 aromatic carbocycles. The number of benzene rings is 3. The Morgan fingerprint density at radius 2 is 1.56 bits per heavy atom. The van der Waals surface area contributed by atoms with Crippen molar-refractivity contribution in [2.45, 2.75) is 19.9 Å². The molecule has 0 saturated carbocycles. The fourth-order valence-electron chi connectivity index (χ4n) is 3.71. The smallest absolute Gasteiger partial charge is 0.307 e. The van der Waals surface area contributed by atoms with Gasteiger partial charge in [0, 0.05) is 23.1 Å². The van der Waals surface area contributed by atoms with Crippen LogP contribution in [0, 0.1) is 6.92 Å². The fourth-order valence-corrected chi connectivity index (χ4v) is 3.71. The lowest BCUT2D eigenvalue weighted by molar-refractivity contribution is -0.136. The number of aromatic nitrogens is 1. The van der Waals surface area contributed by atoms with Gasteiger partial charge in [-0.2, -0.15) is 0 Å². The highest BCUT2D eigenvalue weighted by Crippen LogP contribution is 2.31.